The topological polar surface area (TPSA) is 54.2 Å². The Bertz CT molecular complexity index is 740. The molecule has 2 rings (SSSR count). The summed E-state index contributed by atoms with van der Waals surface area (Å²) in [7, 11) is 1.46. The first-order valence-corrected chi connectivity index (χ1v) is 7.97. The number of aromatic nitrogens is 2. The lowest BCUT2D eigenvalue weighted by Crippen LogP contribution is -2.37. The second-order valence-corrected chi connectivity index (χ2v) is 5.65. The normalized spacial score (nSPS) is 11.8. The number of aliphatic imine (C=N–C) groups is 1. The zero-order valence-electron chi connectivity index (χ0n) is 14.9. The van der Waals surface area contributed by atoms with Crippen molar-refractivity contribution in [3.05, 3.63) is 52.8 Å². The maximum Gasteiger partial charge on any atom is 0.435 e. The first-order valence-electron chi connectivity index (χ1n) is 7.97. The molecule has 0 aliphatic rings. The van der Waals surface area contributed by atoms with E-state index >= 15 is 0 Å². The Morgan fingerprint density at radius 3 is 2.50 bits per heavy atom. The largest absolute Gasteiger partial charge is 0.435 e. The van der Waals surface area contributed by atoms with Crippen molar-refractivity contribution in [3.8, 4) is 0 Å². The number of halogens is 4. The molecular formula is C17H23F3IN5. The van der Waals surface area contributed by atoms with Gasteiger partial charge < -0.3 is 10.6 Å². The lowest BCUT2D eigenvalue weighted by molar-refractivity contribution is -0.142. The van der Waals surface area contributed by atoms with Gasteiger partial charge in [0.05, 0.1) is 6.54 Å². The summed E-state index contributed by atoms with van der Waals surface area (Å²) in [4.78, 5) is 4.26. The highest BCUT2D eigenvalue weighted by Crippen LogP contribution is 2.30. The Morgan fingerprint density at radius 2 is 1.88 bits per heavy atom. The fraction of sp³-hybridized carbons (Fsp3) is 0.412. The van der Waals surface area contributed by atoms with Gasteiger partial charge in [-0.15, -0.1) is 24.0 Å². The van der Waals surface area contributed by atoms with Gasteiger partial charge >= 0.3 is 6.18 Å². The van der Waals surface area contributed by atoms with E-state index in [1.165, 1.54) is 13.2 Å². The first-order chi connectivity index (χ1) is 11.8. The Hall–Kier alpha value is -1.78. The van der Waals surface area contributed by atoms with Crippen molar-refractivity contribution < 1.29 is 13.2 Å². The van der Waals surface area contributed by atoms with Crippen molar-refractivity contribution in [3.63, 3.8) is 0 Å². The summed E-state index contributed by atoms with van der Waals surface area (Å²) in [5.41, 5.74) is 1.39. The number of nitrogens with one attached hydrogen (secondary N) is 2. The predicted molar refractivity (Wildman–Crippen MR) is 106 cm³/mol. The third kappa shape index (κ3) is 6.19. The molecule has 9 heteroatoms. The summed E-state index contributed by atoms with van der Waals surface area (Å²) in [5.74, 6) is 0.461. The van der Waals surface area contributed by atoms with Crippen LogP contribution >= 0.6 is 24.0 Å². The third-order valence-electron chi connectivity index (χ3n) is 3.63. The van der Waals surface area contributed by atoms with Crippen molar-refractivity contribution in [2.24, 2.45) is 12.0 Å². The van der Waals surface area contributed by atoms with E-state index in [2.05, 4.69) is 20.7 Å². The molecule has 0 amide bonds. The number of aryl methyl sites for hydroxylation is 2. The quantitative estimate of drug-likeness (QED) is 0.390. The zero-order valence-corrected chi connectivity index (χ0v) is 17.2. The molecule has 0 saturated carbocycles. The number of rotatable bonds is 5. The van der Waals surface area contributed by atoms with Crippen molar-refractivity contribution in [2.45, 2.75) is 33.1 Å². The van der Waals surface area contributed by atoms with E-state index in [1.54, 1.807) is 0 Å². The van der Waals surface area contributed by atoms with Crippen LogP contribution in [0, 0.1) is 6.92 Å². The summed E-state index contributed by atoms with van der Waals surface area (Å²) in [6.07, 6.45) is -3.14. The molecule has 2 N–H and O–H groups in total. The molecule has 2 aromatic rings. The van der Waals surface area contributed by atoms with Crippen LogP contribution in [-0.4, -0.2) is 22.3 Å². The number of alkyl halides is 3. The average molecular weight is 481 g/mol. The molecule has 0 fully saturated rings. The van der Waals surface area contributed by atoms with E-state index in [1.807, 2.05) is 38.1 Å². The third-order valence-corrected chi connectivity index (χ3v) is 3.63. The van der Waals surface area contributed by atoms with E-state index < -0.39 is 11.9 Å². The molecule has 0 radical (unpaired) electrons. The van der Waals surface area contributed by atoms with Crippen molar-refractivity contribution in [1.29, 1.82) is 0 Å². The lowest BCUT2D eigenvalue weighted by atomic mass is 10.1. The van der Waals surface area contributed by atoms with Gasteiger partial charge in [0.2, 0.25) is 0 Å². The highest BCUT2D eigenvalue weighted by molar-refractivity contribution is 14.0. The van der Waals surface area contributed by atoms with Gasteiger partial charge in [0.15, 0.2) is 11.7 Å². The van der Waals surface area contributed by atoms with Gasteiger partial charge in [-0.1, -0.05) is 24.3 Å². The average Bonchev–Trinajstić information content (AvgIpc) is 2.92. The van der Waals surface area contributed by atoms with E-state index in [9.17, 15) is 13.2 Å². The van der Waals surface area contributed by atoms with Gasteiger partial charge in [0, 0.05) is 31.9 Å². The standard InChI is InChI=1S/C17H22F3N5.HI/c1-4-21-16(22-9-13-8-6-5-7-12(13)2)23-10-14-11-25(3)24-15(14)17(18,19)20;/h5-8,11H,4,9-10H2,1-3H3,(H2,21,22,23);1H. The summed E-state index contributed by atoms with van der Waals surface area (Å²) in [6, 6.07) is 7.90. The zero-order chi connectivity index (χ0) is 18.4. The molecule has 0 bridgehead atoms. The van der Waals surface area contributed by atoms with Crippen LogP contribution in [0.2, 0.25) is 0 Å². The number of guanidine groups is 1. The molecule has 0 unspecified atom stereocenters. The molecular weight excluding hydrogens is 458 g/mol. The molecule has 1 aromatic heterocycles. The van der Waals surface area contributed by atoms with Crippen molar-refractivity contribution in [2.75, 3.05) is 6.54 Å². The number of hydrogen-bond donors (Lipinski definition) is 2. The minimum Gasteiger partial charge on any atom is -0.357 e. The van der Waals surface area contributed by atoms with Crippen molar-refractivity contribution in [1.82, 2.24) is 20.4 Å². The fourth-order valence-electron chi connectivity index (χ4n) is 2.39. The molecule has 1 heterocycles. The van der Waals surface area contributed by atoms with Gasteiger partial charge in [0.25, 0.3) is 0 Å². The van der Waals surface area contributed by atoms with Crippen LogP contribution in [0.25, 0.3) is 0 Å². The highest BCUT2D eigenvalue weighted by atomic mass is 127. The Morgan fingerprint density at radius 1 is 1.19 bits per heavy atom. The van der Waals surface area contributed by atoms with E-state index in [0.717, 1.165) is 15.8 Å². The number of nitrogens with zero attached hydrogens (tertiary/aromatic N) is 3. The minimum absolute atomic E-state index is 0. The fourth-order valence-corrected chi connectivity index (χ4v) is 2.39. The van der Waals surface area contributed by atoms with Gasteiger partial charge in [-0.3, -0.25) is 4.68 Å². The summed E-state index contributed by atoms with van der Waals surface area (Å²) >= 11 is 0. The summed E-state index contributed by atoms with van der Waals surface area (Å²) in [6.45, 7) is 4.95. The van der Waals surface area contributed by atoms with Gasteiger partial charge in [0.1, 0.15) is 0 Å². The second-order valence-electron chi connectivity index (χ2n) is 5.65. The summed E-state index contributed by atoms with van der Waals surface area (Å²) in [5, 5.41) is 9.67. The molecule has 0 saturated heterocycles. The van der Waals surface area contributed by atoms with E-state index in [4.69, 9.17) is 0 Å². The summed E-state index contributed by atoms with van der Waals surface area (Å²) < 4.78 is 40.1. The maximum atomic E-state index is 13.0. The monoisotopic (exact) mass is 481 g/mol. The van der Waals surface area contributed by atoms with E-state index in [0.29, 0.717) is 19.0 Å². The Kier molecular flexibility index (Phi) is 8.38. The molecule has 0 aliphatic carbocycles. The molecule has 0 atom stereocenters. The second kappa shape index (κ2) is 9.79. The molecule has 0 aliphatic heterocycles. The lowest BCUT2D eigenvalue weighted by Gasteiger charge is -2.13. The highest BCUT2D eigenvalue weighted by Gasteiger charge is 2.36. The van der Waals surface area contributed by atoms with Crippen LogP contribution in [-0.2, 0) is 26.3 Å². The smallest absolute Gasteiger partial charge is 0.357 e. The number of benzene rings is 1. The first kappa shape index (κ1) is 22.3. The van der Waals surface area contributed by atoms with Crippen LogP contribution in [0.4, 0.5) is 13.2 Å². The molecule has 144 valence electrons. The van der Waals surface area contributed by atoms with Crippen LogP contribution in [0.5, 0.6) is 0 Å². The molecule has 26 heavy (non-hydrogen) atoms. The minimum atomic E-state index is -4.49. The van der Waals surface area contributed by atoms with Crippen LogP contribution in [0.15, 0.2) is 35.5 Å². The van der Waals surface area contributed by atoms with Crippen LogP contribution in [0.1, 0.15) is 29.3 Å². The van der Waals surface area contributed by atoms with Gasteiger partial charge in [-0.05, 0) is 25.0 Å². The predicted octanol–water partition coefficient (Wildman–Crippen LogP) is 3.62. The molecule has 1 aromatic carbocycles. The van der Waals surface area contributed by atoms with E-state index in [-0.39, 0.29) is 36.1 Å². The SMILES string of the molecule is CCNC(=NCc1cn(C)nc1C(F)(F)F)NCc1ccccc1C.I. The van der Waals surface area contributed by atoms with Crippen molar-refractivity contribution >= 4 is 29.9 Å². The van der Waals surface area contributed by atoms with Crippen LogP contribution < -0.4 is 10.6 Å². The Balaban J connectivity index is 0.00000338. The molecule has 0 spiro atoms. The maximum absolute atomic E-state index is 13.0. The van der Waals surface area contributed by atoms with Gasteiger partial charge in [-0.2, -0.15) is 18.3 Å². The van der Waals surface area contributed by atoms with Gasteiger partial charge in [-0.25, -0.2) is 4.99 Å². The number of hydrogen-bond acceptors (Lipinski definition) is 2. The van der Waals surface area contributed by atoms with Crippen LogP contribution in [0.3, 0.4) is 0 Å². The molecule has 5 nitrogen and oxygen atoms in total. The Labute approximate surface area is 168 Å².